The summed E-state index contributed by atoms with van der Waals surface area (Å²) in [5.41, 5.74) is 3.66. The molecule has 146 valence electrons. The van der Waals surface area contributed by atoms with Gasteiger partial charge in [-0.15, -0.1) is 0 Å². The van der Waals surface area contributed by atoms with E-state index in [1.165, 1.54) is 59.7 Å². The van der Waals surface area contributed by atoms with Crippen molar-refractivity contribution in [2.75, 3.05) is 5.43 Å². The van der Waals surface area contributed by atoms with Crippen LogP contribution in [0.3, 0.4) is 0 Å². The first kappa shape index (κ1) is 19.9. The van der Waals surface area contributed by atoms with Gasteiger partial charge in [0.25, 0.3) is 11.0 Å². The first-order valence-corrected chi connectivity index (χ1v) is 9.69. The summed E-state index contributed by atoms with van der Waals surface area (Å²) in [5.74, 6) is -1.27. The Balaban J connectivity index is 1.83. The Hall–Kier alpha value is -3.84. The number of imidazole rings is 1. The van der Waals surface area contributed by atoms with Gasteiger partial charge in [-0.2, -0.15) is 10.4 Å². The molecule has 0 radical (unpaired) electrons. The van der Waals surface area contributed by atoms with Crippen molar-refractivity contribution < 1.29 is 17.6 Å². The average molecular weight is 411 g/mol. The Labute approximate surface area is 165 Å². The van der Waals surface area contributed by atoms with Crippen molar-refractivity contribution in [3.05, 3.63) is 78.1 Å². The quantitative estimate of drug-likeness (QED) is 0.401. The van der Waals surface area contributed by atoms with E-state index in [1.807, 2.05) is 0 Å². The van der Waals surface area contributed by atoms with E-state index < -0.39 is 25.6 Å². The van der Waals surface area contributed by atoms with E-state index in [4.69, 9.17) is 0 Å². The van der Waals surface area contributed by atoms with Crippen LogP contribution in [0.25, 0.3) is 0 Å². The SMILES string of the molecule is Cc1ccc(F)c(S(=O)(=O)/C(C#N)=N\Nc2ccc(C(=O)n3ccnc3)cc2)c1. The van der Waals surface area contributed by atoms with Gasteiger partial charge in [0.2, 0.25) is 9.84 Å². The second-order valence-electron chi connectivity index (χ2n) is 5.93. The highest BCUT2D eigenvalue weighted by molar-refractivity contribution is 8.07. The Kier molecular flexibility index (Phi) is 5.52. The third-order valence-corrected chi connectivity index (χ3v) is 5.47. The molecule has 0 saturated carbocycles. The molecule has 0 aliphatic heterocycles. The number of hydrogen-bond acceptors (Lipinski definition) is 7. The summed E-state index contributed by atoms with van der Waals surface area (Å²) < 4.78 is 40.4. The Morgan fingerprint density at radius 1 is 1.24 bits per heavy atom. The van der Waals surface area contributed by atoms with Gasteiger partial charge in [-0.1, -0.05) is 6.07 Å². The molecule has 1 N–H and O–H groups in total. The summed E-state index contributed by atoms with van der Waals surface area (Å²) in [7, 11) is -4.44. The molecule has 3 rings (SSSR count). The van der Waals surface area contributed by atoms with E-state index >= 15 is 0 Å². The van der Waals surface area contributed by atoms with Crippen LogP contribution in [0, 0.1) is 24.1 Å². The predicted octanol–water partition coefficient (Wildman–Crippen LogP) is 2.74. The summed E-state index contributed by atoms with van der Waals surface area (Å²) in [6, 6.07) is 11.0. The van der Waals surface area contributed by atoms with Gasteiger partial charge >= 0.3 is 0 Å². The molecule has 0 aliphatic carbocycles. The lowest BCUT2D eigenvalue weighted by Crippen LogP contribution is -2.16. The monoisotopic (exact) mass is 411 g/mol. The van der Waals surface area contributed by atoms with Crippen LogP contribution in [0.4, 0.5) is 10.1 Å². The summed E-state index contributed by atoms with van der Waals surface area (Å²) in [6.45, 7) is 1.60. The van der Waals surface area contributed by atoms with Gasteiger partial charge in [0, 0.05) is 18.0 Å². The first-order valence-electron chi connectivity index (χ1n) is 8.20. The Bertz CT molecular complexity index is 1230. The molecule has 0 atom stereocenters. The molecule has 0 saturated heterocycles. The van der Waals surface area contributed by atoms with Crippen LogP contribution in [-0.4, -0.2) is 28.9 Å². The molecule has 0 spiro atoms. The van der Waals surface area contributed by atoms with Gasteiger partial charge in [-0.3, -0.25) is 14.8 Å². The van der Waals surface area contributed by atoms with Crippen molar-refractivity contribution in [3.8, 4) is 6.07 Å². The van der Waals surface area contributed by atoms with Crippen LogP contribution in [0.15, 0.2) is 71.2 Å². The van der Waals surface area contributed by atoms with Crippen LogP contribution in [0.1, 0.15) is 15.9 Å². The highest BCUT2D eigenvalue weighted by Crippen LogP contribution is 2.19. The summed E-state index contributed by atoms with van der Waals surface area (Å²) in [5, 5.41) is 11.9. The van der Waals surface area contributed by atoms with E-state index in [0.29, 0.717) is 16.8 Å². The number of hydrogen-bond donors (Lipinski definition) is 1. The molecule has 0 fully saturated rings. The van der Waals surface area contributed by atoms with Crippen molar-refractivity contribution >= 4 is 26.5 Å². The van der Waals surface area contributed by atoms with Gasteiger partial charge in [-0.25, -0.2) is 17.8 Å². The molecule has 0 aliphatic rings. The molecule has 8 nitrogen and oxygen atoms in total. The molecule has 29 heavy (non-hydrogen) atoms. The predicted molar refractivity (Wildman–Crippen MR) is 103 cm³/mol. The lowest BCUT2D eigenvalue weighted by molar-refractivity contribution is 0.0960. The summed E-state index contributed by atoms with van der Waals surface area (Å²) >= 11 is 0. The molecule has 0 unspecified atom stereocenters. The maximum absolute atomic E-state index is 14.0. The van der Waals surface area contributed by atoms with Gasteiger partial charge in [-0.05, 0) is 48.9 Å². The minimum atomic E-state index is -4.44. The third-order valence-electron chi connectivity index (χ3n) is 3.88. The number of rotatable bonds is 4. The highest BCUT2D eigenvalue weighted by atomic mass is 32.2. The number of nitrogens with zero attached hydrogens (tertiary/aromatic N) is 4. The number of benzene rings is 2. The number of carbonyl (C=O) groups is 1. The lowest BCUT2D eigenvalue weighted by Gasteiger charge is -2.06. The van der Waals surface area contributed by atoms with E-state index in [2.05, 4.69) is 15.5 Å². The fraction of sp³-hybridized carbons (Fsp3) is 0.0526. The number of aromatic nitrogens is 2. The number of halogens is 1. The third kappa shape index (κ3) is 4.20. The first-order chi connectivity index (χ1) is 13.8. The number of hydrazone groups is 1. The minimum Gasteiger partial charge on any atom is -0.277 e. The van der Waals surface area contributed by atoms with Crippen molar-refractivity contribution in [2.45, 2.75) is 11.8 Å². The molecule has 1 aromatic heterocycles. The minimum absolute atomic E-state index is 0.298. The van der Waals surface area contributed by atoms with E-state index in [9.17, 15) is 22.9 Å². The molecule has 0 amide bonds. The highest BCUT2D eigenvalue weighted by Gasteiger charge is 2.26. The number of nitriles is 1. The number of carbonyl (C=O) groups excluding carboxylic acids is 1. The Morgan fingerprint density at radius 2 is 1.97 bits per heavy atom. The van der Waals surface area contributed by atoms with Crippen LogP contribution in [-0.2, 0) is 9.84 Å². The fourth-order valence-electron chi connectivity index (χ4n) is 2.40. The number of nitrogens with one attached hydrogen (secondary N) is 1. The molecule has 3 aromatic rings. The van der Waals surface area contributed by atoms with Crippen LogP contribution in [0.5, 0.6) is 0 Å². The second kappa shape index (κ2) is 8.04. The van der Waals surface area contributed by atoms with Crippen molar-refractivity contribution in [1.29, 1.82) is 5.26 Å². The fourth-order valence-corrected chi connectivity index (χ4v) is 3.56. The van der Waals surface area contributed by atoms with E-state index in [1.54, 1.807) is 6.92 Å². The summed E-state index contributed by atoms with van der Waals surface area (Å²) in [6.07, 6.45) is 4.35. The van der Waals surface area contributed by atoms with Crippen molar-refractivity contribution in [2.24, 2.45) is 5.10 Å². The maximum Gasteiger partial charge on any atom is 0.263 e. The zero-order chi connectivity index (χ0) is 21.0. The average Bonchev–Trinajstić information content (AvgIpc) is 3.25. The van der Waals surface area contributed by atoms with E-state index in [-0.39, 0.29) is 5.91 Å². The van der Waals surface area contributed by atoms with Crippen molar-refractivity contribution in [3.63, 3.8) is 0 Å². The number of aryl methyl sites for hydroxylation is 1. The van der Waals surface area contributed by atoms with Crippen LogP contribution >= 0.6 is 0 Å². The molecule has 1 heterocycles. The molecule has 2 aromatic carbocycles. The van der Waals surface area contributed by atoms with Crippen LogP contribution < -0.4 is 5.43 Å². The maximum atomic E-state index is 14.0. The Morgan fingerprint density at radius 3 is 2.59 bits per heavy atom. The molecule has 0 bridgehead atoms. The molecular formula is C19H14FN5O3S. The topological polar surface area (TPSA) is 117 Å². The second-order valence-corrected chi connectivity index (χ2v) is 7.76. The van der Waals surface area contributed by atoms with Gasteiger partial charge < -0.3 is 0 Å². The normalized spacial score (nSPS) is 11.7. The number of anilines is 1. The lowest BCUT2D eigenvalue weighted by atomic mass is 10.2. The zero-order valence-corrected chi connectivity index (χ0v) is 15.9. The smallest absolute Gasteiger partial charge is 0.263 e. The van der Waals surface area contributed by atoms with Gasteiger partial charge in [0.15, 0.2) is 0 Å². The van der Waals surface area contributed by atoms with Gasteiger partial charge in [0.05, 0.1) is 5.69 Å². The van der Waals surface area contributed by atoms with Crippen molar-refractivity contribution in [1.82, 2.24) is 9.55 Å². The zero-order valence-electron chi connectivity index (χ0n) is 15.1. The largest absolute Gasteiger partial charge is 0.277 e. The molecule has 10 heteroatoms. The standard InChI is InChI=1S/C19H14FN5O3S/c1-13-2-7-16(20)17(10-13)29(27,28)18(11-21)24-23-15-5-3-14(4-6-15)19(26)25-9-8-22-12-25/h2-10,12,23H,1H3/b24-18-. The van der Waals surface area contributed by atoms with E-state index in [0.717, 1.165) is 12.1 Å². The van der Waals surface area contributed by atoms with Gasteiger partial charge in [0.1, 0.15) is 23.1 Å². The molecular weight excluding hydrogens is 397 g/mol. The summed E-state index contributed by atoms with van der Waals surface area (Å²) in [4.78, 5) is 15.4. The van der Waals surface area contributed by atoms with Crippen LogP contribution in [0.2, 0.25) is 0 Å². The number of sulfone groups is 1.